The molecular weight excluding hydrogens is 751 g/mol. The third-order valence-electron chi connectivity index (χ3n) is 7.98. The zero-order valence-electron chi connectivity index (χ0n) is 30.9. The topological polar surface area (TPSA) is 52.6 Å². The van der Waals surface area contributed by atoms with E-state index >= 15 is 0 Å². The van der Waals surface area contributed by atoms with Crippen LogP contribution in [0.2, 0.25) is 0 Å². The summed E-state index contributed by atoms with van der Waals surface area (Å²) < 4.78 is 9.92. The van der Waals surface area contributed by atoms with Gasteiger partial charge in [-0.3, -0.25) is 9.59 Å². The van der Waals surface area contributed by atoms with Crippen molar-refractivity contribution in [2.45, 2.75) is 208 Å². The predicted octanol–water partition coefficient (Wildman–Crippen LogP) is 13.1. The molecule has 0 rings (SSSR count). The molecule has 0 spiro atoms. The van der Waals surface area contributed by atoms with E-state index in [1.54, 1.807) is 0 Å². The molecule has 0 aliphatic heterocycles. The number of hydrogen-bond donors (Lipinski definition) is 0. The molecule has 0 fully saturated rings. The van der Waals surface area contributed by atoms with Gasteiger partial charge in [0.2, 0.25) is 0 Å². The first-order valence-electron chi connectivity index (χ1n) is 19.4. The van der Waals surface area contributed by atoms with Crippen LogP contribution in [-0.4, -0.2) is 60.6 Å². The van der Waals surface area contributed by atoms with Crippen LogP contribution in [0, 0.1) is 0 Å². The molecule has 0 heterocycles. The fraction of sp³-hybridized carbons (Fsp3) is 0.857. The van der Waals surface area contributed by atoms with Crippen LogP contribution in [0.15, 0.2) is 24.3 Å². The summed E-state index contributed by atoms with van der Waals surface area (Å²) in [6.07, 6.45) is 43.6. The van der Waals surface area contributed by atoms with Crippen molar-refractivity contribution < 1.29 is 19.1 Å². The second kappa shape index (κ2) is 54.7. The van der Waals surface area contributed by atoms with Crippen LogP contribution >= 0.6 is 0 Å². The van der Waals surface area contributed by atoms with E-state index in [9.17, 15) is 9.59 Å². The molecule has 7 heteroatoms. The van der Waals surface area contributed by atoms with E-state index < -0.39 is 0 Å². The molecule has 4 nitrogen and oxygen atoms in total. The summed E-state index contributed by atoms with van der Waals surface area (Å²) in [6.45, 7) is 5.31. The quantitative estimate of drug-likeness (QED) is 0.0212. The molecule has 0 atom stereocenters. The molecule has 0 aliphatic rings. The van der Waals surface area contributed by atoms with Gasteiger partial charge in [-0.2, -0.15) is 0 Å². The largest absolute Gasteiger partial charge is 2.00 e. The maximum absolute atomic E-state index is 11.3. The third kappa shape index (κ3) is 57.5. The van der Waals surface area contributed by atoms with Crippen molar-refractivity contribution in [3.8, 4) is 0 Å². The van der Waals surface area contributed by atoms with E-state index in [0.29, 0.717) is 37.6 Å². The Labute approximate surface area is 335 Å². The number of rotatable bonds is 34. The van der Waals surface area contributed by atoms with Gasteiger partial charge in [-0.05, 0) is 64.2 Å². The number of allylic oxidation sites excluding steroid dienone is 4. The van der Waals surface area contributed by atoms with Crippen molar-refractivity contribution in [2.24, 2.45) is 0 Å². The summed E-state index contributed by atoms with van der Waals surface area (Å²) in [7, 11) is 0. The van der Waals surface area contributed by atoms with Crippen LogP contribution in [0.5, 0.6) is 0 Å². The van der Waals surface area contributed by atoms with E-state index in [2.05, 4.69) is 38.2 Å². The summed E-state index contributed by atoms with van der Waals surface area (Å²) in [4.78, 5) is 22.5. The smallest absolute Gasteiger partial charge is 0.789 e. The predicted molar refractivity (Wildman–Crippen MR) is 225 cm³/mol. The molecule has 2 radical (unpaired) electrons. The number of carbonyl (C=O) groups is 2. The first kappa shape index (κ1) is 58.2. The standard InChI is InChI=1S/2C20H38O2S.2CH4.Sn/c2*1-2-3-4-5-6-7-8-9-10-11-12-13-14-15-16-17-20(21)22-18-19-23;;;/h2*9-10,23H,2-8,11-19H2,1H3;2*1H4;/q;;;;+2/p-2/b2*10-9-;;;. The zero-order valence-corrected chi connectivity index (χ0v) is 35.4. The Bertz CT molecular complexity index is 617. The summed E-state index contributed by atoms with van der Waals surface area (Å²) in [5.74, 6) is 0.816. The van der Waals surface area contributed by atoms with Gasteiger partial charge in [-0.1, -0.05) is 156 Å². The molecule has 0 saturated heterocycles. The van der Waals surface area contributed by atoms with Crippen molar-refractivity contribution in [3.63, 3.8) is 0 Å². The SMILES string of the molecule is C.C.CCCCCCCC/C=C\CCCCCCCC(=O)OCC[S-].CCCCCCCC/C=C\CCCCCCCC(=O)OCC[S-].[Sn+2]. The molecule has 0 saturated carbocycles. The van der Waals surface area contributed by atoms with Crippen LogP contribution in [0.3, 0.4) is 0 Å². The maximum atomic E-state index is 11.3. The van der Waals surface area contributed by atoms with Crippen molar-refractivity contribution in [1.29, 1.82) is 0 Å². The normalized spacial score (nSPS) is 10.5. The van der Waals surface area contributed by atoms with Gasteiger partial charge in [0.1, 0.15) is 0 Å². The molecule has 290 valence electrons. The molecule has 0 unspecified atom stereocenters. The number of esters is 2. The minimum Gasteiger partial charge on any atom is -0.789 e. The van der Waals surface area contributed by atoms with E-state index in [-0.39, 0.29) is 50.7 Å². The minimum absolute atomic E-state index is 0. The Morgan fingerprint density at radius 1 is 0.429 bits per heavy atom. The van der Waals surface area contributed by atoms with Crippen molar-refractivity contribution in [2.75, 3.05) is 24.7 Å². The fourth-order valence-electron chi connectivity index (χ4n) is 5.14. The molecule has 0 N–H and O–H groups in total. The van der Waals surface area contributed by atoms with Gasteiger partial charge in [0.15, 0.2) is 0 Å². The number of hydrogen-bond acceptors (Lipinski definition) is 6. The molecule has 0 aromatic rings. The van der Waals surface area contributed by atoms with Gasteiger partial charge in [-0.15, -0.1) is 11.5 Å². The Balaban J connectivity index is -0.000000248. The van der Waals surface area contributed by atoms with Crippen LogP contribution in [0.25, 0.3) is 0 Å². The van der Waals surface area contributed by atoms with Gasteiger partial charge < -0.3 is 34.7 Å². The summed E-state index contributed by atoms with van der Waals surface area (Å²) >= 11 is 9.47. The van der Waals surface area contributed by atoms with E-state index in [1.165, 1.54) is 141 Å². The number of ether oxygens (including phenoxy) is 2. The van der Waals surface area contributed by atoms with Crippen LogP contribution in [0.4, 0.5) is 0 Å². The number of unbranched alkanes of at least 4 members (excludes halogenated alkanes) is 22. The Morgan fingerprint density at radius 2 is 0.673 bits per heavy atom. The van der Waals surface area contributed by atoms with Gasteiger partial charge in [0.25, 0.3) is 0 Å². The second-order valence-electron chi connectivity index (χ2n) is 12.5. The average Bonchev–Trinajstić information content (AvgIpc) is 3.06. The van der Waals surface area contributed by atoms with Gasteiger partial charge in [0, 0.05) is 12.8 Å². The number of carbonyl (C=O) groups excluding carboxylic acids is 2. The summed E-state index contributed by atoms with van der Waals surface area (Å²) in [5, 5.41) is 0. The molecule has 0 amide bonds. The van der Waals surface area contributed by atoms with Gasteiger partial charge >= 0.3 is 35.8 Å². The van der Waals surface area contributed by atoms with Crippen LogP contribution in [0.1, 0.15) is 208 Å². The minimum atomic E-state index is -0.0903. The second-order valence-corrected chi connectivity index (χ2v) is 13.3. The Morgan fingerprint density at radius 3 is 0.939 bits per heavy atom. The van der Waals surface area contributed by atoms with E-state index in [4.69, 9.17) is 34.7 Å². The van der Waals surface area contributed by atoms with Crippen molar-refractivity contribution >= 4 is 61.1 Å². The van der Waals surface area contributed by atoms with Gasteiger partial charge in [0.05, 0.1) is 13.2 Å². The maximum Gasteiger partial charge on any atom is 2.00 e. The first-order chi connectivity index (χ1) is 22.6. The molecule has 0 bridgehead atoms. The Hall–Kier alpha value is -0.0813. The molecule has 0 aromatic carbocycles. The summed E-state index contributed by atoms with van der Waals surface area (Å²) in [6, 6.07) is 0. The average molecular weight is 834 g/mol. The zero-order chi connectivity index (χ0) is 34.0. The van der Waals surface area contributed by atoms with E-state index in [1.807, 2.05) is 0 Å². The van der Waals surface area contributed by atoms with Crippen LogP contribution in [-0.2, 0) is 44.3 Å². The Kier molecular flexibility index (Phi) is 65.0. The third-order valence-corrected chi connectivity index (χ3v) is 8.31. The first-order valence-corrected chi connectivity index (χ1v) is 20.5. The van der Waals surface area contributed by atoms with Gasteiger partial charge in [-0.25, -0.2) is 0 Å². The van der Waals surface area contributed by atoms with Crippen molar-refractivity contribution in [3.05, 3.63) is 24.3 Å². The molecule has 0 aromatic heterocycles. The molecule has 49 heavy (non-hydrogen) atoms. The van der Waals surface area contributed by atoms with Crippen molar-refractivity contribution in [1.82, 2.24) is 0 Å². The summed E-state index contributed by atoms with van der Waals surface area (Å²) in [5.41, 5.74) is 0. The van der Waals surface area contributed by atoms with Crippen LogP contribution < -0.4 is 0 Å². The monoisotopic (exact) mass is 834 g/mol. The molecule has 0 aliphatic carbocycles. The fourth-order valence-corrected chi connectivity index (χ4v) is 5.30. The van der Waals surface area contributed by atoms with E-state index in [0.717, 1.165) is 25.7 Å². The molecular formula is C42H82O4S2Sn.